The van der Waals surface area contributed by atoms with Gasteiger partial charge in [-0.3, -0.25) is 0 Å². The normalized spacial score (nSPS) is 20.5. The summed E-state index contributed by atoms with van der Waals surface area (Å²) in [6.07, 6.45) is 4.72. The van der Waals surface area contributed by atoms with Gasteiger partial charge in [-0.1, -0.05) is 36.4 Å². The number of likely N-dealkylation sites (tertiary alicyclic amines) is 1. The van der Waals surface area contributed by atoms with Gasteiger partial charge < -0.3 is 26.6 Å². The molecule has 2 unspecified atom stereocenters. The van der Waals surface area contributed by atoms with E-state index in [-0.39, 0.29) is 28.6 Å². The van der Waals surface area contributed by atoms with Crippen LogP contribution in [0.4, 0.5) is 4.39 Å². The molecular weight excluding hydrogens is 381 g/mol. The lowest BCUT2D eigenvalue weighted by Gasteiger charge is -2.43. The van der Waals surface area contributed by atoms with Crippen LogP contribution in [0.2, 0.25) is 0 Å². The Bertz CT molecular complexity index is 690. The van der Waals surface area contributed by atoms with Gasteiger partial charge in [-0.25, -0.2) is 4.39 Å². The molecular formula is C21H27BrFNO. The van der Waals surface area contributed by atoms with Gasteiger partial charge in [0.2, 0.25) is 0 Å². The van der Waals surface area contributed by atoms with Crippen molar-refractivity contribution in [2.24, 2.45) is 0 Å². The van der Waals surface area contributed by atoms with Crippen molar-refractivity contribution >= 4 is 0 Å². The number of nitrogens with zero attached hydrogens (tertiary/aromatic N) is 1. The van der Waals surface area contributed by atoms with E-state index in [4.69, 9.17) is 0 Å². The standard InChI is InChI=1S/C21H26FNO.BrH/c1-23(2)13-7-6-10-18(23)15-20(16-8-4-3-5-9-16)19-12-11-17(22)14-21(19)24;/h3-5,8-9,11-12,14,18,20H,6-7,10,13,15H2,1-2H3;1H. The Morgan fingerprint density at radius 3 is 2.48 bits per heavy atom. The molecule has 1 N–H and O–H groups in total. The molecule has 0 radical (unpaired) electrons. The molecule has 2 aromatic rings. The molecule has 3 rings (SSSR count). The van der Waals surface area contributed by atoms with Gasteiger partial charge in [-0.2, -0.15) is 0 Å². The van der Waals surface area contributed by atoms with E-state index in [9.17, 15) is 9.50 Å². The van der Waals surface area contributed by atoms with Crippen LogP contribution in [-0.4, -0.2) is 36.3 Å². The first kappa shape index (κ1) is 19.9. The molecule has 0 aromatic heterocycles. The van der Waals surface area contributed by atoms with E-state index in [2.05, 4.69) is 26.2 Å². The highest BCUT2D eigenvalue weighted by atomic mass is 79.9. The zero-order valence-corrected chi connectivity index (χ0v) is 16.5. The number of benzene rings is 2. The summed E-state index contributed by atoms with van der Waals surface area (Å²) in [6, 6.07) is 15.3. The second kappa shape index (κ2) is 8.33. The van der Waals surface area contributed by atoms with Crippen LogP contribution >= 0.6 is 0 Å². The predicted molar refractivity (Wildman–Crippen MR) is 95.6 cm³/mol. The van der Waals surface area contributed by atoms with E-state index in [1.54, 1.807) is 6.07 Å². The molecule has 2 aromatic carbocycles. The summed E-state index contributed by atoms with van der Waals surface area (Å²) < 4.78 is 14.5. The summed E-state index contributed by atoms with van der Waals surface area (Å²) >= 11 is 0. The van der Waals surface area contributed by atoms with E-state index in [1.807, 2.05) is 18.2 Å². The van der Waals surface area contributed by atoms with Crippen molar-refractivity contribution in [1.29, 1.82) is 0 Å². The van der Waals surface area contributed by atoms with Crippen molar-refractivity contribution in [1.82, 2.24) is 0 Å². The highest BCUT2D eigenvalue weighted by Crippen LogP contribution is 2.38. The zero-order valence-electron chi connectivity index (χ0n) is 15.0. The lowest BCUT2D eigenvalue weighted by molar-refractivity contribution is -0.920. The molecule has 1 aliphatic heterocycles. The Labute approximate surface area is 160 Å². The summed E-state index contributed by atoms with van der Waals surface area (Å²) in [5, 5.41) is 10.3. The molecule has 0 saturated carbocycles. The van der Waals surface area contributed by atoms with Crippen LogP contribution < -0.4 is 17.0 Å². The maximum atomic E-state index is 13.4. The van der Waals surface area contributed by atoms with E-state index >= 15 is 0 Å². The molecule has 1 fully saturated rings. The first-order valence-corrected chi connectivity index (χ1v) is 8.83. The Morgan fingerprint density at radius 2 is 1.84 bits per heavy atom. The fraction of sp³-hybridized carbons (Fsp3) is 0.429. The molecule has 2 nitrogen and oxygen atoms in total. The van der Waals surface area contributed by atoms with Crippen molar-refractivity contribution in [3.05, 3.63) is 65.5 Å². The molecule has 0 spiro atoms. The van der Waals surface area contributed by atoms with Crippen LogP contribution in [0.5, 0.6) is 5.75 Å². The molecule has 0 bridgehead atoms. The summed E-state index contributed by atoms with van der Waals surface area (Å²) in [5.74, 6) is -0.242. The third kappa shape index (κ3) is 4.62. The van der Waals surface area contributed by atoms with Crippen LogP contribution in [-0.2, 0) is 0 Å². The Kier molecular flexibility index (Phi) is 6.64. The lowest BCUT2D eigenvalue weighted by Crippen LogP contribution is -3.00. The summed E-state index contributed by atoms with van der Waals surface area (Å²) in [5.41, 5.74) is 2.01. The Morgan fingerprint density at radius 1 is 1.12 bits per heavy atom. The largest absolute Gasteiger partial charge is 1.00 e. The smallest absolute Gasteiger partial charge is 0.126 e. The molecule has 1 heterocycles. The molecule has 25 heavy (non-hydrogen) atoms. The van der Waals surface area contributed by atoms with E-state index in [1.165, 1.54) is 43.5 Å². The molecule has 0 aliphatic carbocycles. The van der Waals surface area contributed by atoms with Crippen LogP contribution in [0.3, 0.4) is 0 Å². The van der Waals surface area contributed by atoms with Gasteiger partial charge in [0.1, 0.15) is 11.6 Å². The minimum atomic E-state index is -0.392. The fourth-order valence-corrected chi connectivity index (χ4v) is 4.05. The monoisotopic (exact) mass is 407 g/mol. The minimum Gasteiger partial charge on any atom is -1.00 e. The first-order valence-electron chi connectivity index (χ1n) is 8.83. The third-order valence-electron chi connectivity index (χ3n) is 5.59. The highest BCUT2D eigenvalue weighted by molar-refractivity contribution is 5.41. The van der Waals surface area contributed by atoms with E-state index in [0.29, 0.717) is 6.04 Å². The Hall–Kier alpha value is -1.39. The van der Waals surface area contributed by atoms with Gasteiger partial charge in [0.05, 0.1) is 26.7 Å². The van der Waals surface area contributed by atoms with Gasteiger partial charge >= 0.3 is 0 Å². The third-order valence-corrected chi connectivity index (χ3v) is 5.59. The van der Waals surface area contributed by atoms with E-state index < -0.39 is 5.82 Å². The highest BCUT2D eigenvalue weighted by Gasteiger charge is 2.34. The summed E-state index contributed by atoms with van der Waals surface area (Å²) in [6.45, 7) is 1.20. The number of hydrogen-bond donors (Lipinski definition) is 1. The van der Waals surface area contributed by atoms with Crippen molar-refractivity contribution < 1.29 is 31.0 Å². The zero-order chi connectivity index (χ0) is 17.2. The number of halogens is 2. The average Bonchev–Trinajstić information content (AvgIpc) is 2.55. The number of rotatable bonds is 4. The van der Waals surface area contributed by atoms with Crippen molar-refractivity contribution in [3.8, 4) is 5.75 Å². The molecule has 136 valence electrons. The summed E-state index contributed by atoms with van der Waals surface area (Å²) in [7, 11) is 4.60. The number of piperidine rings is 1. The van der Waals surface area contributed by atoms with Crippen LogP contribution in [0, 0.1) is 5.82 Å². The van der Waals surface area contributed by atoms with E-state index in [0.717, 1.165) is 16.5 Å². The number of aromatic hydroxyl groups is 1. The molecule has 2 atom stereocenters. The van der Waals surface area contributed by atoms with Crippen molar-refractivity contribution in [3.63, 3.8) is 0 Å². The van der Waals surface area contributed by atoms with Gasteiger partial charge in [0.15, 0.2) is 0 Å². The molecule has 4 heteroatoms. The molecule has 1 saturated heterocycles. The topological polar surface area (TPSA) is 20.2 Å². The van der Waals surface area contributed by atoms with Crippen molar-refractivity contribution in [2.45, 2.75) is 37.6 Å². The second-order valence-corrected chi connectivity index (χ2v) is 7.55. The molecule has 1 aliphatic rings. The molecule has 0 amide bonds. The first-order chi connectivity index (χ1) is 11.5. The predicted octanol–water partition coefficient (Wildman–Crippen LogP) is 1.69. The quantitative estimate of drug-likeness (QED) is 0.764. The maximum absolute atomic E-state index is 13.4. The van der Waals surface area contributed by atoms with Crippen LogP contribution in [0.25, 0.3) is 0 Å². The van der Waals surface area contributed by atoms with Crippen LogP contribution in [0.15, 0.2) is 48.5 Å². The minimum absolute atomic E-state index is 0. The number of hydrogen-bond acceptors (Lipinski definition) is 1. The second-order valence-electron chi connectivity index (χ2n) is 7.55. The van der Waals surface area contributed by atoms with Crippen LogP contribution in [0.1, 0.15) is 42.7 Å². The van der Waals surface area contributed by atoms with Crippen molar-refractivity contribution in [2.75, 3.05) is 20.6 Å². The number of phenolic OH excluding ortho intramolecular Hbond substituents is 1. The number of phenols is 1. The lowest BCUT2D eigenvalue weighted by atomic mass is 9.82. The maximum Gasteiger partial charge on any atom is 0.126 e. The Balaban J connectivity index is 0.00000225. The van der Waals surface area contributed by atoms with Gasteiger partial charge in [0, 0.05) is 24.0 Å². The fourth-order valence-electron chi connectivity index (χ4n) is 4.05. The van der Waals surface area contributed by atoms with Gasteiger partial charge in [0.25, 0.3) is 0 Å². The SMILES string of the molecule is C[N+]1(C)CCCCC1CC(c1ccccc1)c1ccc(F)cc1O.[Br-]. The summed E-state index contributed by atoms with van der Waals surface area (Å²) in [4.78, 5) is 0. The van der Waals surface area contributed by atoms with Gasteiger partial charge in [-0.05, 0) is 30.9 Å². The average molecular weight is 408 g/mol. The van der Waals surface area contributed by atoms with Gasteiger partial charge in [-0.15, -0.1) is 0 Å². The number of quaternary nitrogens is 1.